The van der Waals surface area contributed by atoms with E-state index in [0.717, 1.165) is 30.0 Å². The molecule has 1 saturated heterocycles. The molecule has 10 nitrogen and oxygen atoms in total. The van der Waals surface area contributed by atoms with Crippen LogP contribution in [0.25, 0.3) is 6.08 Å². The van der Waals surface area contributed by atoms with Gasteiger partial charge in [-0.2, -0.15) is 0 Å². The Morgan fingerprint density at radius 3 is 2.26 bits per heavy atom. The number of nitrogens with zero attached hydrogens (tertiary/aromatic N) is 2. The molecule has 0 aliphatic carbocycles. The zero-order chi connectivity index (χ0) is 19.6. The molecule has 136 valence electrons. The summed E-state index contributed by atoms with van der Waals surface area (Å²) in [6.45, 7) is 0. The predicted octanol–water partition coefficient (Wildman–Crippen LogP) is 3.62. The molecule has 0 atom stereocenters. The predicted molar refractivity (Wildman–Crippen MR) is 95.4 cm³/mol. The van der Waals surface area contributed by atoms with Crippen LogP contribution in [0.5, 0.6) is 11.5 Å². The second-order valence-electron chi connectivity index (χ2n) is 5.19. The summed E-state index contributed by atoms with van der Waals surface area (Å²) in [5.74, 6) is -0.367. The van der Waals surface area contributed by atoms with Crippen LogP contribution in [-0.2, 0) is 4.79 Å². The highest BCUT2D eigenvalue weighted by molar-refractivity contribution is 8.18. The average Bonchev–Trinajstić information content (AvgIpc) is 2.93. The Balaban J connectivity index is 1.82. The minimum atomic E-state index is -0.770. The molecule has 0 radical (unpaired) electrons. The zero-order valence-corrected chi connectivity index (χ0v) is 14.1. The SMILES string of the molecule is O=C1NC(=O)/C(=C\c2ccc(Oc3ccc([N+](=O)[O-])cc3[N+](=O)[O-])cc2)S1. The number of hydrogen-bond donors (Lipinski definition) is 1. The van der Waals surface area contributed by atoms with Crippen molar-refractivity contribution in [2.45, 2.75) is 0 Å². The molecule has 1 aliphatic rings. The lowest BCUT2D eigenvalue weighted by Crippen LogP contribution is -2.17. The third-order valence-corrected chi connectivity index (χ3v) is 4.21. The minimum Gasteiger partial charge on any atom is -0.450 e. The van der Waals surface area contributed by atoms with Crippen molar-refractivity contribution in [3.05, 3.63) is 73.2 Å². The molecule has 1 aliphatic heterocycles. The molecule has 3 rings (SSSR count). The second-order valence-corrected chi connectivity index (χ2v) is 6.20. The summed E-state index contributed by atoms with van der Waals surface area (Å²) in [7, 11) is 0. The number of ether oxygens (including phenoxy) is 1. The fourth-order valence-corrected chi connectivity index (χ4v) is 2.86. The lowest BCUT2D eigenvalue weighted by Gasteiger charge is -2.06. The number of nitro groups is 2. The number of hydrogen-bond acceptors (Lipinski definition) is 8. The molecule has 0 spiro atoms. The smallest absolute Gasteiger partial charge is 0.318 e. The average molecular weight is 387 g/mol. The molecule has 1 heterocycles. The first-order valence-electron chi connectivity index (χ1n) is 7.29. The molecular weight excluding hydrogens is 378 g/mol. The Morgan fingerprint density at radius 1 is 1.00 bits per heavy atom. The first kappa shape index (κ1) is 18.1. The van der Waals surface area contributed by atoms with Gasteiger partial charge in [-0.1, -0.05) is 12.1 Å². The van der Waals surface area contributed by atoms with Crippen LogP contribution in [0.2, 0.25) is 0 Å². The highest BCUT2D eigenvalue weighted by Gasteiger charge is 2.25. The van der Waals surface area contributed by atoms with Crippen molar-refractivity contribution in [1.29, 1.82) is 0 Å². The number of carbonyl (C=O) groups is 2. The Labute approximate surface area is 155 Å². The van der Waals surface area contributed by atoms with E-state index in [-0.39, 0.29) is 16.4 Å². The van der Waals surface area contributed by atoms with Crippen molar-refractivity contribution in [3.8, 4) is 11.5 Å². The third kappa shape index (κ3) is 4.10. The van der Waals surface area contributed by atoms with Gasteiger partial charge in [-0.3, -0.25) is 35.1 Å². The van der Waals surface area contributed by atoms with Crippen LogP contribution >= 0.6 is 11.8 Å². The van der Waals surface area contributed by atoms with E-state index in [0.29, 0.717) is 5.56 Å². The van der Waals surface area contributed by atoms with E-state index in [4.69, 9.17) is 4.74 Å². The summed E-state index contributed by atoms with van der Waals surface area (Å²) in [5.41, 5.74) is -0.334. The van der Waals surface area contributed by atoms with Gasteiger partial charge in [0.05, 0.1) is 20.8 Å². The summed E-state index contributed by atoms with van der Waals surface area (Å²) < 4.78 is 5.45. The Morgan fingerprint density at radius 2 is 1.70 bits per heavy atom. The monoisotopic (exact) mass is 387 g/mol. The number of imide groups is 1. The summed E-state index contributed by atoms with van der Waals surface area (Å²) in [4.78, 5) is 43.3. The molecule has 2 aromatic rings. The number of thioether (sulfide) groups is 1. The molecule has 0 bridgehead atoms. The van der Waals surface area contributed by atoms with E-state index in [2.05, 4.69) is 5.32 Å². The lowest BCUT2D eigenvalue weighted by atomic mass is 10.2. The first-order chi connectivity index (χ1) is 12.8. The topological polar surface area (TPSA) is 142 Å². The largest absolute Gasteiger partial charge is 0.450 e. The number of non-ortho nitro benzene ring substituents is 1. The maximum atomic E-state index is 11.5. The normalized spacial score (nSPS) is 14.9. The molecule has 1 N–H and O–H groups in total. The fourth-order valence-electron chi connectivity index (χ4n) is 2.18. The van der Waals surface area contributed by atoms with Crippen LogP contribution in [-0.4, -0.2) is 21.0 Å². The zero-order valence-electron chi connectivity index (χ0n) is 13.3. The summed E-state index contributed by atoms with van der Waals surface area (Å²) >= 11 is 0.784. The van der Waals surface area contributed by atoms with E-state index in [1.807, 2.05) is 0 Å². The van der Waals surface area contributed by atoms with Gasteiger partial charge in [0.1, 0.15) is 5.75 Å². The number of amides is 2. The fraction of sp³-hybridized carbons (Fsp3) is 0. The highest BCUT2D eigenvalue weighted by atomic mass is 32.2. The molecule has 1 fully saturated rings. The quantitative estimate of drug-likeness (QED) is 0.466. The number of carbonyl (C=O) groups excluding carboxylic acids is 2. The Bertz CT molecular complexity index is 1000. The standard InChI is InChI=1S/C16H9N3O7S/c20-15-14(27-16(21)17-15)7-9-1-4-11(5-2-9)26-13-6-3-10(18(22)23)8-12(13)19(24)25/h1-8H,(H,17,20,21)/b14-7+. The Kier molecular flexibility index (Phi) is 4.86. The molecule has 2 amide bonds. The van der Waals surface area contributed by atoms with Crippen LogP contribution < -0.4 is 10.1 Å². The molecule has 27 heavy (non-hydrogen) atoms. The van der Waals surface area contributed by atoms with Gasteiger partial charge in [0, 0.05) is 6.07 Å². The van der Waals surface area contributed by atoms with Gasteiger partial charge in [-0.05, 0) is 41.6 Å². The first-order valence-corrected chi connectivity index (χ1v) is 8.11. The Hall–Kier alpha value is -3.73. The maximum Gasteiger partial charge on any atom is 0.318 e. The van der Waals surface area contributed by atoms with Crippen molar-refractivity contribution in [2.24, 2.45) is 0 Å². The van der Waals surface area contributed by atoms with Gasteiger partial charge in [-0.15, -0.1) is 0 Å². The molecule has 11 heteroatoms. The lowest BCUT2D eigenvalue weighted by molar-refractivity contribution is -0.394. The van der Waals surface area contributed by atoms with E-state index >= 15 is 0 Å². The van der Waals surface area contributed by atoms with Crippen molar-refractivity contribution in [3.63, 3.8) is 0 Å². The maximum absolute atomic E-state index is 11.5. The van der Waals surface area contributed by atoms with Gasteiger partial charge in [0.15, 0.2) is 0 Å². The van der Waals surface area contributed by atoms with Crippen molar-refractivity contribution >= 4 is 40.4 Å². The van der Waals surface area contributed by atoms with Crippen molar-refractivity contribution < 1.29 is 24.2 Å². The van der Waals surface area contributed by atoms with E-state index in [1.165, 1.54) is 18.2 Å². The third-order valence-electron chi connectivity index (χ3n) is 3.40. The number of nitrogens with one attached hydrogen (secondary N) is 1. The summed E-state index contributed by atoms with van der Waals surface area (Å²) in [6, 6.07) is 9.28. The van der Waals surface area contributed by atoms with Crippen LogP contribution in [0, 0.1) is 20.2 Å². The highest BCUT2D eigenvalue weighted by Crippen LogP contribution is 2.34. The molecule has 2 aromatic carbocycles. The number of nitro benzene ring substituents is 2. The van der Waals surface area contributed by atoms with Crippen LogP contribution in [0.1, 0.15) is 5.56 Å². The summed E-state index contributed by atoms with van der Waals surface area (Å²) in [6.07, 6.45) is 1.52. The van der Waals surface area contributed by atoms with Crippen LogP contribution in [0.3, 0.4) is 0 Å². The van der Waals surface area contributed by atoms with E-state index in [9.17, 15) is 29.8 Å². The van der Waals surface area contributed by atoms with Gasteiger partial charge in [0.25, 0.3) is 16.8 Å². The van der Waals surface area contributed by atoms with E-state index < -0.39 is 32.4 Å². The number of benzene rings is 2. The second kappa shape index (κ2) is 7.25. The van der Waals surface area contributed by atoms with E-state index in [1.54, 1.807) is 12.1 Å². The molecule has 0 saturated carbocycles. The molecule has 0 unspecified atom stereocenters. The van der Waals surface area contributed by atoms with Gasteiger partial charge in [0.2, 0.25) is 5.75 Å². The van der Waals surface area contributed by atoms with Crippen molar-refractivity contribution in [2.75, 3.05) is 0 Å². The summed E-state index contributed by atoms with van der Waals surface area (Å²) in [5, 5.41) is 23.6. The van der Waals surface area contributed by atoms with Crippen LogP contribution in [0.4, 0.5) is 16.2 Å². The van der Waals surface area contributed by atoms with Crippen LogP contribution in [0.15, 0.2) is 47.4 Å². The van der Waals surface area contributed by atoms with Crippen molar-refractivity contribution in [1.82, 2.24) is 5.32 Å². The molecule has 0 aromatic heterocycles. The van der Waals surface area contributed by atoms with Gasteiger partial charge >= 0.3 is 5.69 Å². The number of rotatable bonds is 5. The minimum absolute atomic E-state index is 0.145. The van der Waals surface area contributed by atoms with Gasteiger partial charge in [-0.25, -0.2) is 0 Å². The van der Waals surface area contributed by atoms with Gasteiger partial charge < -0.3 is 4.74 Å². The molecular formula is C16H9N3O7S.